The summed E-state index contributed by atoms with van der Waals surface area (Å²) in [5.41, 5.74) is 0. The Hall–Kier alpha value is 0.833. The number of hydrogen-bond donors (Lipinski definition) is 2. The molecule has 0 unspecified atom stereocenters. The summed E-state index contributed by atoms with van der Waals surface area (Å²) in [6.45, 7) is 0. The molecule has 0 aromatic heterocycles. The van der Waals surface area contributed by atoms with Crippen LogP contribution in [0.15, 0.2) is 0 Å². The van der Waals surface area contributed by atoms with Crippen LogP contribution in [-0.2, 0) is 16.4 Å². The van der Waals surface area contributed by atoms with Crippen LogP contribution in [0.3, 0.4) is 0 Å². The minimum absolute atomic E-state index is 0.132. The zero-order chi connectivity index (χ0) is 3.41. The van der Waals surface area contributed by atoms with Gasteiger partial charge in [-0.05, 0) is 0 Å². The molecule has 4 heavy (non-hydrogen) atoms. The monoisotopic (exact) mass is 169 g/mol. The van der Waals surface area contributed by atoms with Crippen molar-refractivity contribution in [1.29, 1.82) is 0 Å². The van der Waals surface area contributed by atoms with Gasteiger partial charge in [-0.3, -0.25) is 0 Å². The normalized spacial score (nSPS) is 8.50. The van der Waals surface area contributed by atoms with Crippen molar-refractivity contribution in [3.8, 4) is 0 Å². The van der Waals surface area contributed by atoms with E-state index in [9.17, 15) is 0 Å². The molecule has 0 radical (unpaired) electrons. The average molecular weight is 169 g/mol. The van der Waals surface area contributed by atoms with Gasteiger partial charge in [-0.1, -0.05) is 0 Å². The van der Waals surface area contributed by atoms with Gasteiger partial charge in [-0.2, -0.15) is 0 Å². The minimum atomic E-state index is -0.132. The van der Waals surface area contributed by atoms with Crippen LogP contribution < -0.4 is 10.0 Å². The van der Waals surface area contributed by atoms with E-state index in [2.05, 4.69) is 10.0 Å². The molecule has 0 aromatic rings. The molecular weight excluding hydrogens is 166 g/mol. The van der Waals surface area contributed by atoms with Crippen molar-refractivity contribution in [3.63, 3.8) is 0 Å². The van der Waals surface area contributed by atoms with Gasteiger partial charge in [0.15, 0.2) is 0 Å². The molecule has 0 bridgehead atoms. The third kappa shape index (κ3) is 2.83. The first-order valence-electron chi connectivity index (χ1n) is 0.581. The van der Waals surface area contributed by atoms with E-state index < -0.39 is 0 Å². The summed E-state index contributed by atoms with van der Waals surface area (Å²) in [6.07, 6.45) is 0. The van der Waals surface area contributed by atoms with Crippen molar-refractivity contribution in [3.05, 3.63) is 0 Å². The zero-order valence-corrected chi connectivity index (χ0v) is 4.18. The van der Waals surface area contributed by atoms with Gasteiger partial charge in [0.25, 0.3) is 0 Å². The van der Waals surface area contributed by atoms with E-state index in [-0.39, 0.29) is 16.4 Å². The molecule has 0 amide bonds. The molecule has 3 N–H and O–H groups in total. The summed E-state index contributed by atoms with van der Waals surface area (Å²) in [4.78, 5) is 0. The van der Waals surface area contributed by atoms with Crippen LogP contribution in [0, 0.1) is 0 Å². The Labute approximate surface area is 36.6 Å². The molecule has 0 rings (SSSR count). The molecule has 0 aliphatic carbocycles. The molecule has 0 atom stereocenters. The van der Waals surface area contributed by atoms with Gasteiger partial charge in [0.2, 0.25) is 0 Å². The third-order valence-corrected chi connectivity index (χ3v) is 0.645. The van der Waals surface area contributed by atoms with Crippen molar-refractivity contribution in [2.24, 2.45) is 5.84 Å². The van der Waals surface area contributed by atoms with Crippen LogP contribution in [0.4, 0.5) is 0 Å². The summed E-state index contributed by atoms with van der Waals surface area (Å²) in [7, 11) is 5.02. The molecule has 0 aliphatic heterocycles. The van der Waals surface area contributed by atoms with Crippen molar-refractivity contribution < 1.29 is 16.4 Å². The van der Waals surface area contributed by atoms with Crippen LogP contribution in [0.1, 0.15) is 0 Å². The Kier molecular flexibility index (Phi) is 4.63. The van der Waals surface area contributed by atoms with Gasteiger partial charge < -0.3 is 0 Å². The molecule has 0 aromatic carbocycles. The molecular formula is H3ClN2Rh. The van der Waals surface area contributed by atoms with E-state index in [1.54, 1.807) is 0 Å². The summed E-state index contributed by atoms with van der Waals surface area (Å²) < 4.78 is 2.27. The molecule has 4 heteroatoms. The Morgan fingerprint density at radius 3 is 2.25 bits per heavy atom. The van der Waals surface area contributed by atoms with Crippen LogP contribution >= 0.6 is 9.69 Å². The van der Waals surface area contributed by atoms with E-state index in [1.807, 2.05) is 0 Å². The molecule has 0 aliphatic rings. The van der Waals surface area contributed by atoms with Crippen molar-refractivity contribution in [2.75, 3.05) is 0 Å². The number of hydrogen-bond acceptors (Lipinski definition) is 2. The first-order valence-corrected chi connectivity index (χ1v) is 3.51. The van der Waals surface area contributed by atoms with Gasteiger partial charge in [-0.15, -0.1) is 0 Å². The van der Waals surface area contributed by atoms with E-state index in [4.69, 9.17) is 9.69 Å². The predicted octanol–water partition coefficient (Wildman–Crippen LogP) is -0.399. The fourth-order valence-corrected chi connectivity index (χ4v) is 0. The Bertz CT molecular complexity index is 8.00. The number of halogens is 1. The van der Waals surface area contributed by atoms with Crippen LogP contribution in [0.25, 0.3) is 0 Å². The van der Waals surface area contributed by atoms with E-state index in [1.165, 1.54) is 0 Å². The van der Waals surface area contributed by atoms with Crippen LogP contribution in [0.2, 0.25) is 0 Å². The molecule has 0 spiro atoms. The predicted molar refractivity (Wildman–Crippen MR) is 13.2 cm³/mol. The third-order valence-electron chi connectivity index (χ3n) is 0.0364. The first-order chi connectivity index (χ1) is 1.91. The number of rotatable bonds is 1. The first kappa shape index (κ1) is 4.83. The molecule has 29 valence electrons. The average Bonchev–Trinajstić information content (AvgIpc) is 1.37. The van der Waals surface area contributed by atoms with Gasteiger partial charge in [0.05, 0.1) is 0 Å². The van der Waals surface area contributed by atoms with E-state index in [0.717, 1.165) is 0 Å². The maximum absolute atomic E-state index is 5.02. The van der Waals surface area contributed by atoms with Gasteiger partial charge in [0, 0.05) is 0 Å². The second-order valence-electron chi connectivity index (χ2n) is 0.159. The van der Waals surface area contributed by atoms with Crippen molar-refractivity contribution in [1.82, 2.24) is 4.17 Å². The van der Waals surface area contributed by atoms with Gasteiger partial charge >= 0.3 is 36.1 Å². The zero-order valence-electron chi connectivity index (χ0n) is 1.79. The standard InChI is InChI=1S/ClH.H3N2.Rh/c;1-2;/h1H;1H,2H2;/q;-1;+2/p-1. The Morgan fingerprint density at radius 2 is 2.25 bits per heavy atom. The van der Waals surface area contributed by atoms with Gasteiger partial charge in [0.1, 0.15) is 0 Å². The summed E-state index contributed by atoms with van der Waals surface area (Å²) in [5.74, 6) is 4.68. The molecule has 0 fully saturated rings. The second kappa shape index (κ2) is 3.83. The molecule has 0 saturated heterocycles. The summed E-state index contributed by atoms with van der Waals surface area (Å²) in [5, 5.41) is 0. The maximum atomic E-state index is 5.02. The molecule has 2 nitrogen and oxygen atoms in total. The Balaban J connectivity index is 1.97. The number of hydrazine groups is 1. The summed E-state index contributed by atoms with van der Waals surface area (Å²) >= 11 is -0.132. The Morgan fingerprint density at radius 1 is 2.00 bits per heavy atom. The fraction of sp³-hybridized carbons (Fsp3) is 0. The number of nitrogens with one attached hydrogen (secondary N) is 1. The van der Waals surface area contributed by atoms with Crippen molar-refractivity contribution in [2.45, 2.75) is 0 Å². The van der Waals surface area contributed by atoms with Gasteiger partial charge in [-0.25, -0.2) is 0 Å². The fourth-order valence-electron chi connectivity index (χ4n) is 0. The van der Waals surface area contributed by atoms with Crippen LogP contribution in [0.5, 0.6) is 0 Å². The van der Waals surface area contributed by atoms with E-state index >= 15 is 0 Å². The second-order valence-corrected chi connectivity index (χ2v) is 1.69. The van der Waals surface area contributed by atoms with Crippen molar-refractivity contribution >= 4 is 9.69 Å². The molecule has 0 heterocycles. The number of nitrogens with two attached hydrogens (primary N) is 1. The van der Waals surface area contributed by atoms with E-state index in [0.29, 0.717) is 0 Å². The quantitative estimate of drug-likeness (QED) is 0.318. The molecule has 0 saturated carbocycles. The van der Waals surface area contributed by atoms with Crippen LogP contribution in [-0.4, -0.2) is 0 Å². The SMILES string of the molecule is N[NH][Rh][Cl]. The summed E-state index contributed by atoms with van der Waals surface area (Å²) in [6, 6.07) is 0. The topological polar surface area (TPSA) is 38.0 Å².